The number of H-pyrrole nitrogens is 1. The Labute approximate surface area is 232 Å². The SMILES string of the molecule is COc1ccc(N2C(=O)[C@@H](C)N(C3CCC(F)(F)CC3)c3nc(Nc4ccc5[nH]c(=O)oc5c4)ncc32)cc1C#N. The molecule has 0 radical (unpaired) electrons. The molecule has 13 heteroatoms. The van der Waals surface area contributed by atoms with Crippen molar-refractivity contribution in [1.82, 2.24) is 15.0 Å². The van der Waals surface area contributed by atoms with Gasteiger partial charge in [-0.15, -0.1) is 0 Å². The molecular weight excluding hydrogens is 536 g/mol. The number of ether oxygens (including phenoxy) is 1. The number of amides is 1. The van der Waals surface area contributed by atoms with Crippen molar-refractivity contribution in [1.29, 1.82) is 5.26 Å². The van der Waals surface area contributed by atoms with Crippen LogP contribution in [0, 0.1) is 11.3 Å². The molecule has 1 atom stereocenters. The third-order valence-corrected chi connectivity index (χ3v) is 7.55. The minimum atomic E-state index is -2.74. The molecule has 41 heavy (non-hydrogen) atoms. The van der Waals surface area contributed by atoms with Gasteiger partial charge in [0.25, 0.3) is 5.91 Å². The molecule has 1 saturated carbocycles. The molecule has 4 aromatic rings. The number of anilines is 5. The molecule has 0 spiro atoms. The van der Waals surface area contributed by atoms with Crippen molar-refractivity contribution in [2.45, 2.75) is 50.6 Å². The number of halogens is 2. The van der Waals surface area contributed by atoms with Gasteiger partial charge in [0.1, 0.15) is 23.5 Å². The number of nitrogens with one attached hydrogen (secondary N) is 2. The van der Waals surface area contributed by atoms with Gasteiger partial charge >= 0.3 is 5.76 Å². The van der Waals surface area contributed by atoms with E-state index in [0.29, 0.717) is 39.7 Å². The smallest absolute Gasteiger partial charge is 0.417 e. The van der Waals surface area contributed by atoms with E-state index < -0.39 is 17.7 Å². The van der Waals surface area contributed by atoms with Crippen LogP contribution in [0.15, 0.2) is 51.8 Å². The summed E-state index contributed by atoms with van der Waals surface area (Å²) in [6, 6.07) is 10.8. The summed E-state index contributed by atoms with van der Waals surface area (Å²) >= 11 is 0. The van der Waals surface area contributed by atoms with Crippen LogP contribution in [0.5, 0.6) is 5.75 Å². The number of methoxy groups -OCH3 is 1. The number of carbonyl (C=O) groups excluding carboxylic acids is 1. The van der Waals surface area contributed by atoms with Gasteiger partial charge in [0.05, 0.1) is 30.1 Å². The van der Waals surface area contributed by atoms with Gasteiger partial charge in [-0.05, 0) is 50.1 Å². The van der Waals surface area contributed by atoms with Crippen molar-refractivity contribution < 1.29 is 22.7 Å². The van der Waals surface area contributed by atoms with E-state index in [-0.39, 0.29) is 49.1 Å². The van der Waals surface area contributed by atoms with Crippen molar-refractivity contribution in [3.05, 3.63) is 58.7 Å². The average Bonchev–Trinajstić information content (AvgIpc) is 3.33. The zero-order valence-corrected chi connectivity index (χ0v) is 22.1. The lowest BCUT2D eigenvalue weighted by atomic mass is 9.89. The van der Waals surface area contributed by atoms with Gasteiger partial charge < -0.3 is 19.4 Å². The van der Waals surface area contributed by atoms with Crippen LogP contribution in [0.25, 0.3) is 11.1 Å². The fourth-order valence-electron chi connectivity index (χ4n) is 5.52. The fraction of sp³-hybridized carbons (Fsp3) is 0.321. The highest BCUT2D eigenvalue weighted by molar-refractivity contribution is 6.10. The molecule has 0 saturated heterocycles. The number of rotatable bonds is 5. The number of hydrogen-bond donors (Lipinski definition) is 2. The molecule has 210 valence electrons. The molecular formula is C28H25F2N7O4. The highest BCUT2D eigenvalue weighted by Gasteiger charge is 2.45. The van der Waals surface area contributed by atoms with E-state index in [2.05, 4.69) is 21.4 Å². The van der Waals surface area contributed by atoms with E-state index in [9.17, 15) is 23.6 Å². The van der Waals surface area contributed by atoms with Crippen LogP contribution in [-0.4, -0.2) is 46.0 Å². The first-order valence-electron chi connectivity index (χ1n) is 13.0. The van der Waals surface area contributed by atoms with Gasteiger partial charge in [-0.1, -0.05) is 0 Å². The lowest BCUT2D eigenvalue weighted by Crippen LogP contribution is -2.56. The molecule has 0 bridgehead atoms. The Kier molecular flexibility index (Phi) is 6.33. The molecule has 1 amide bonds. The lowest BCUT2D eigenvalue weighted by molar-refractivity contribution is -0.119. The number of oxazole rings is 1. The average molecular weight is 562 g/mol. The maximum Gasteiger partial charge on any atom is 0.417 e. The molecule has 1 aliphatic carbocycles. The predicted molar refractivity (Wildman–Crippen MR) is 146 cm³/mol. The largest absolute Gasteiger partial charge is 0.495 e. The first-order chi connectivity index (χ1) is 19.7. The first kappa shape index (κ1) is 26.2. The number of fused-ring (bicyclic) bond motifs is 2. The Morgan fingerprint density at radius 1 is 1.20 bits per heavy atom. The van der Waals surface area contributed by atoms with E-state index in [1.54, 1.807) is 48.2 Å². The number of aromatic nitrogens is 3. The number of nitrogens with zero attached hydrogens (tertiary/aromatic N) is 5. The molecule has 2 N–H and O–H groups in total. The maximum atomic E-state index is 14.1. The van der Waals surface area contributed by atoms with Crippen molar-refractivity contribution in [3.63, 3.8) is 0 Å². The summed E-state index contributed by atoms with van der Waals surface area (Å²) in [5.74, 6) is -2.66. The molecule has 2 aromatic carbocycles. The molecule has 2 aromatic heterocycles. The molecule has 6 rings (SSSR count). The molecule has 1 aliphatic heterocycles. The van der Waals surface area contributed by atoms with E-state index in [1.807, 2.05) is 0 Å². The predicted octanol–water partition coefficient (Wildman–Crippen LogP) is 4.99. The number of carbonyl (C=O) groups is 1. The molecule has 2 aliphatic rings. The lowest BCUT2D eigenvalue weighted by Gasteiger charge is -2.46. The van der Waals surface area contributed by atoms with Crippen molar-refractivity contribution in [2.24, 2.45) is 0 Å². The Morgan fingerprint density at radius 2 is 1.98 bits per heavy atom. The summed E-state index contributed by atoms with van der Waals surface area (Å²) < 4.78 is 38.5. The normalized spacial score (nSPS) is 18.7. The van der Waals surface area contributed by atoms with Crippen LogP contribution in [0.4, 0.5) is 37.6 Å². The second kappa shape index (κ2) is 9.88. The summed E-state index contributed by atoms with van der Waals surface area (Å²) in [6.45, 7) is 1.72. The van der Waals surface area contributed by atoms with Gasteiger partial charge in [-0.2, -0.15) is 10.2 Å². The minimum absolute atomic E-state index is 0.195. The number of hydrogen-bond acceptors (Lipinski definition) is 9. The summed E-state index contributed by atoms with van der Waals surface area (Å²) in [5.41, 5.74) is 2.46. The van der Waals surface area contributed by atoms with Gasteiger partial charge in [0, 0.05) is 30.6 Å². The standard InChI is InChI=1S/C28H25F2N7O4/c1-15-25(38)37(19-4-6-22(40-2)16(11-19)13-31)21-14-32-26(33-17-3-5-20-23(12-17)41-27(39)34-20)35-24(21)36(15)18-7-9-28(29,30)10-8-18/h3-6,11-12,14-15,18H,7-10H2,1-2H3,(H,34,39)(H,32,33,35)/t15-/m1/s1. The topological polar surface area (TPSA) is 140 Å². The minimum Gasteiger partial charge on any atom is -0.495 e. The second-order valence-corrected chi connectivity index (χ2v) is 10.1. The van der Waals surface area contributed by atoms with Gasteiger partial charge in [0.2, 0.25) is 11.9 Å². The van der Waals surface area contributed by atoms with Gasteiger partial charge in [-0.3, -0.25) is 14.7 Å². The van der Waals surface area contributed by atoms with Crippen molar-refractivity contribution in [2.75, 3.05) is 22.2 Å². The number of alkyl halides is 2. The second-order valence-electron chi connectivity index (χ2n) is 10.1. The van der Waals surface area contributed by atoms with E-state index in [4.69, 9.17) is 14.1 Å². The van der Waals surface area contributed by atoms with E-state index in [1.165, 1.54) is 18.2 Å². The van der Waals surface area contributed by atoms with Crippen LogP contribution in [0.1, 0.15) is 38.2 Å². The third-order valence-electron chi connectivity index (χ3n) is 7.55. The highest BCUT2D eigenvalue weighted by atomic mass is 19.3. The van der Waals surface area contributed by atoms with Gasteiger partial charge in [0.15, 0.2) is 11.4 Å². The molecule has 0 unspecified atom stereocenters. The van der Waals surface area contributed by atoms with E-state index in [0.717, 1.165) is 0 Å². The third kappa shape index (κ3) is 4.71. The number of aromatic amines is 1. The zero-order valence-electron chi connectivity index (χ0n) is 22.1. The summed E-state index contributed by atoms with van der Waals surface area (Å²) in [6.07, 6.45) is 1.32. The maximum absolute atomic E-state index is 14.1. The Balaban J connectivity index is 1.43. The number of benzene rings is 2. The van der Waals surface area contributed by atoms with Gasteiger partial charge in [-0.25, -0.2) is 18.6 Å². The molecule has 11 nitrogen and oxygen atoms in total. The quantitative estimate of drug-likeness (QED) is 0.345. The molecule has 1 fully saturated rings. The molecule has 3 heterocycles. The Bertz CT molecular complexity index is 1750. The zero-order chi connectivity index (χ0) is 28.9. The van der Waals surface area contributed by atoms with Crippen LogP contribution in [0.3, 0.4) is 0 Å². The fourth-order valence-corrected chi connectivity index (χ4v) is 5.52. The van der Waals surface area contributed by atoms with Crippen molar-refractivity contribution in [3.8, 4) is 11.8 Å². The van der Waals surface area contributed by atoms with Crippen LogP contribution in [-0.2, 0) is 4.79 Å². The first-order valence-corrected chi connectivity index (χ1v) is 13.0. The Hall–Kier alpha value is -4.99. The summed E-state index contributed by atoms with van der Waals surface area (Å²) in [7, 11) is 1.45. The van der Waals surface area contributed by atoms with Crippen LogP contribution < -0.4 is 25.6 Å². The van der Waals surface area contributed by atoms with E-state index >= 15 is 0 Å². The monoisotopic (exact) mass is 561 g/mol. The summed E-state index contributed by atoms with van der Waals surface area (Å²) in [4.78, 5) is 40.4. The Morgan fingerprint density at radius 3 is 2.71 bits per heavy atom. The van der Waals surface area contributed by atoms with Crippen LogP contribution in [0.2, 0.25) is 0 Å². The summed E-state index contributed by atoms with van der Waals surface area (Å²) in [5, 5.41) is 12.7. The number of nitriles is 1. The highest BCUT2D eigenvalue weighted by Crippen LogP contribution is 2.45. The van der Waals surface area contributed by atoms with Crippen molar-refractivity contribution >= 4 is 45.8 Å². The van der Waals surface area contributed by atoms with Crippen LogP contribution >= 0.6 is 0 Å².